The summed E-state index contributed by atoms with van der Waals surface area (Å²) >= 11 is 11.2. The largest absolute Gasteiger partial charge is 0.385 e. The molecule has 0 unspecified atom stereocenters. The van der Waals surface area contributed by atoms with Crippen molar-refractivity contribution in [2.75, 3.05) is 25.6 Å². The number of carbonyl (C=O) groups is 2. The van der Waals surface area contributed by atoms with E-state index >= 15 is 0 Å². The lowest BCUT2D eigenvalue weighted by Gasteiger charge is -2.13. The lowest BCUT2D eigenvalue weighted by atomic mass is 10.1. The van der Waals surface area contributed by atoms with Crippen LogP contribution >= 0.6 is 23.8 Å². The van der Waals surface area contributed by atoms with E-state index in [-0.39, 0.29) is 11.0 Å². The van der Waals surface area contributed by atoms with Crippen molar-refractivity contribution in [2.45, 2.75) is 6.42 Å². The molecule has 0 saturated carbocycles. The fraction of sp³-hybridized carbons (Fsp3) is 0.190. The molecule has 0 bridgehead atoms. The van der Waals surface area contributed by atoms with Gasteiger partial charge in [0.05, 0.1) is 11.3 Å². The van der Waals surface area contributed by atoms with E-state index in [1.54, 1.807) is 49.6 Å². The Morgan fingerprint density at radius 3 is 2.62 bits per heavy atom. The molecule has 0 fully saturated rings. The predicted octanol–water partition coefficient (Wildman–Crippen LogP) is 3.63. The van der Waals surface area contributed by atoms with Gasteiger partial charge in [-0.3, -0.25) is 14.9 Å². The topological polar surface area (TPSA) is 79.5 Å². The smallest absolute Gasteiger partial charge is 0.253 e. The van der Waals surface area contributed by atoms with E-state index in [2.05, 4.69) is 16.0 Å². The molecule has 2 amide bonds. The second-order valence-electron chi connectivity index (χ2n) is 5.95. The summed E-state index contributed by atoms with van der Waals surface area (Å²) in [6.07, 6.45) is 3.65. The molecule has 3 N–H and O–H groups in total. The van der Waals surface area contributed by atoms with Crippen LogP contribution < -0.4 is 16.0 Å². The first kappa shape index (κ1) is 22.5. The molecule has 0 aliphatic rings. The lowest BCUT2D eigenvalue weighted by Crippen LogP contribution is -2.34. The van der Waals surface area contributed by atoms with Crippen LogP contribution in [0.5, 0.6) is 0 Å². The molecule has 0 heterocycles. The average molecular weight is 432 g/mol. The highest BCUT2D eigenvalue weighted by atomic mass is 35.5. The van der Waals surface area contributed by atoms with Crippen LogP contribution in [0.2, 0.25) is 5.02 Å². The first-order valence-electron chi connectivity index (χ1n) is 8.92. The van der Waals surface area contributed by atoms with Gasteiger partial charge < -0.3 is 15.4 Å². The molecule has 0 aliphatic heterocycles. The first-order valence-corrected chi connectivity index (χ1v) is 9.70. The summed E-state index contributed by atoms with van der Waals surface area (Å²) in [5, 5.41) is 8.88. The highest BCUT2D eigenvalue weighted by molar-refractivity contribution is 7.80. The fourth-order valence-corrected chi connectivity index (χ4v) is 2.80. The number of para-hydroxylation sites is 1. The van der Waals surface area contributed by atoms with Crippen molar-refractivity contribution >= 4 is 52.5 Å². The predicted molar refractivity (Wildman–Crippen MR) is 120 cm³/mol. The summed E-state index contributed by atoms with van der Waals surface area (Å²) in [6, 6.07) is 14.1. The number of rotatable bonds is 8. The molecule has 0 spiro atoms. The molecule has 0 radical (unpaired) electrons. The zero-order valence-corrected chi connectivity index (χ0v) is 17.5. The molecule has 29 heavy (non-hydrogen) atoms. The third-order valence-corrected chi connectivity index (χ3v) is 4.34. The standard InChI is InChI=1S/C21H22ClN3O3S/c1-28-14-6-13-23-20(27)16-8-3-5-10-18(16)24-21(29)25-19(26)12-11-15-7-2-4-9-17(15)22/h2-5,7-12H,6,13-14H2,1H3,(H,23,27)(H2,24,25,26,29)/b12-11+. The van der Waals surface area contributed by atoms with Gasteiger partial charge in [-0.2, -0.15) is 0 Å². The Morgan fingerprint density at radius 1 is 1.14 bits per heavy atom. The Balaban J connectivity index is 1.94. The second-order valence-corrected chi connectivity index (χ2v) is 6.76. The third-order valence-electron chi connectivity index (χ3n) is 3.79. The minimum Gasteiger partial charge on any atom is -0.385 e. The molecule has 2 aromatic rings. The lowest BCUT2D eigenvalue weighted by molar-refractivity contribution is -0.115. The third kappa shape index (κ3) is 7.65. The molecule has 6 nitrogen and oxygen atoms in total. The van der Waals surface area contributed by atoms with Crippen LogP contribution in [0.3, 0.4) is 0 Å². The van der Waals surface area contributed by atoms with E-state index < -0.39 is 5.91 Å². The van der Waals surface area contributed by atoms with Gasteiger partial charge in [0.25, 0.3) is 5.91 Å². The van der Waals surface area contributed by atoms with E-state index in [4.69, 9.17) is 28.6 Å². The summed E-state index contributed by atoms with van der Waals surface area (Å²) in [6.45, 7) is 1.06. The van der Waals surface area contributed by atoms with Crippen molar-refractivity contribution in [3.8, 4) is 0 Å². The SMILES string of the molecule is COCCCNC(=O)c1ccccc1NC(=S)NC(=O)/C=C/c1ccccc1Cl. The number of benzene rings is 2. The van der Waals surface area contributed by atoms with E-state index in [0.717, 1.165) is 5.56 Å². The van der Waals surface area contributed by atoms with Gasteiger partial charge in [0, 0.05) is 31.4 Å². The zero-order chi connectivity index (χ0) is 21.1. The van der Waals surface area contributed by atoms with Gasteiger partial charge in [0.2, 0.25) is 5.91 Å². The quantitative estimate of drug-likeness (QED) is 0.338. The second kappa shape index (κ2) is 12.0. The van der Waals surface area contributed by atoms with Crippen LogP contribution in [0.1, 0.15) is 22.3 Å². The Labute approximate surface area is 180 Å². The van der Waals surface area contributed by atoms with E-state index in [1.807, 2.05) is 12.1 Å². The van der Waals surface area contributed by atoms with Crippen LogP contribution in [-0.4, -0.2) is 37.2 Å². The number of thiocarbonyl (C=S) groups is 1. The zero-order valence-electron chi connectivity index (χ0n) is 15.9. The van der Waals surface area contributed by atoms with Crippen molar-refractivity contribution < 1.29 is 14.3 Å². The number of hydrogen-bond acceptors (Lipinski definition) is 4. The summed E-state index contributed by atoms with van der Waals surface area (Å²) in [7, 11) is 1.61. The highest BCUT2D eigenvalue weighted by Gasteiger charge is 2.12. The van der Waals surface area contributed by atoms with Crippen molar-refractivity contribution in [1.29, 1.82) is 0 Å². The van der Waals surface area contributed by atoms with Crippen molar-refractivity contribution in [3.63, 3.8) is 0 Å². The minimum atomic E-state index is -0.413. The molecular weight excluding hydrogens is 410 g/mol. The minimum absolute atomic E-state index is 0.0819. The van der Waals surface area contributed by atoms with E-state index in [9.17, 15) is 9.59 Å². The molecule has 0 aliphatic carbocycles. The molecule has 152 valence electrons. The van der Waals surface area contributed by atoms with Crippen LogP contribution in [0.15, 0.2) is 54.6 Å². The Morgan fingerprint density at radius 2 is 1.86 bits per heavy atom. The van der Waals surface area contributed by atoms with Crippen LogP contribution in [-0.2, 0) is 9.53 Å². The summed E-state index contributed by atoms with van der Waals surface area (Å²) in [4.78, 5) is 24.5. The molecule has 0 aromatic heterocycles. The number of hydrogen-bond donors (Lipinski definition) is 3. The number of methoxy groups -OCH3 is 1. The molecule has 8 heteroatoms. The molecular formula is C21H22ClN3O3S. The van der Waals surface area contributed by atoms with Gasteiger partial charge in [-0.05, 0) is 48.5 Å². The Hall–Kier alpha value is -2.74. The van der Waals surface area contributed by atoms with Gasteiger partial charge in [0.15, 0.2) is 5.11 Å². The van der Waals surface area contributed by atoms with Gasteiger partial charge in [-0.15, -0.1) is 0 Å². The van der Waals surface area contributed by atoms with Gasteiger partial charge in [0.1, 0.15) is 0 Å². The number of nitrogens with one attached hydrogen (secondary N) is 3. The number of halogens is 1. The Bertz CT molecular complexity index is 902. The Kier molecular flexibility index (Phi) is 9.30. The maximum Gasteiger partial charge on any atom is 0.253 e. The molecule has 2 aromatic carbocycles. The van der Waals surface area contributed by atoms with Crippen LogP contribution in [0.25, 0.3) is 6.08 Å². The van der Waals surface area contributed by atoms with Gasteiger partial charge in [-0.25, -0.2) is 0 Å². The maximum absolute atomic E-state index is 12.4. The first-order chi connectivity index (χ1) is 14.0. The van der Waals surface area contributed by atoms with Gasteiger partial charge >= 0.3 is 0 Å². The summed E-state index contributed by atoms with van der Waals surface area (Å²) < 4.78 is 4.96. The number of ether oxygens (including phenoxy) is 1. The number of carbonyl (C=O) groups excluding carboxylic acids is 2. The van der Waals surface area contributed by atoms with Crippen LogP contribution in [0, 0.1) is 0 Å². The maximum atomic E-state index is 12.4. The monoisotopic (exact) mass is 431 g/mol. The van der Waals surface area contributed by atoms with E-state index in [1.165, 1.54) is 6.08 Å². The summed E-state index contributed by atoms with van der Waals surface area (Å²) in [5.74, 6) is -0.652. The average Bonchev–Trinajstić information content (AvgIpc) is 2.71. The van der Waals surface area contributed by atoms with Crippen molar-refractivity contribution in [1.82, 2.24) is 10.6 Å². The fourth-order valence-electron chi connectivity index (χ4n) is 2.39. The van der Waals surface area contributed by atoms with Crippen molar-refractivity contribution in [2.24, 2.45) is 0 Å². The highest BCUT2D eigenvalue weighted by Crippen LogP contribution is 2.16. The van der Waals surface area contributed by atoms with Crippen LogP contribution in [0.4, 0.5) is 5.69 Å². The molecule has 0 atom stereocenters. The molecule has 0 saturated heterocycles. The normalized spacial score (nSPS) is 10.6. The number of amides is 2. The van der Waals surface area contributed by atoms with Crippen molar-refractivity contribution in [3.05, 3.63) is 70.8 Å². The van der Waals surface area contributed by atoms with Gasteiger partial charge in [-0.1, -0.05) is 41.9 Å². The molecule has 2 rings (SSSR count). The summed E-state index contributed by atoms with van der Waals surface area (Å²) in [5.41, 5.74) is 1.64. The van der Waals surface area contributed by atoms with E-state index in [0.29, 0.717) is 35.8 Å². The number of anilines is 1.